The maximum Gasteiger partial charge on any atom is 0.255 e. The molecule has 0 unspecified atom stereocenters. The maximum absolute atomic E-state index is 13.1. The number of hydrogen-bond acceptors (Lipinski definition) is 17. The fourth-order valence-corrected chi connectivity index (χ4v) is 14.2. The molecule has 0 atom stereocenters. The van der Waals surface area contributed by atoms with Crippen molar-refractivity contribution in [2.24, 2.45) is 0 Å². The van der Waals surface area contributed by atoms with Gasteiger partial charge in [0.1, 0.15) is 46.3 Å². The van der Waals surface area contributed by atoms with Crippen LogP contribution in [0.3, 0.4) is 0 Å². The smallest absolute Gasteiger partial charge is 0.255 e. The Kier molecular flexibility index (Phi) is 30.7. The second-order valence-electron chi connectivity index (χ2n) is 28.9. The van der Waals surface area contributed by atoms with Crippen molar-refractivity contribution < 1.29 is 65.2 Å². The predicted octanol–water partition coefficient (Wildman–Crippen LogP) is 14.4. The van der Waals surface area contributed by atoms with Gasteiger partial charge >= 0.3 is 0 Å². The van der Waals surface area contributed by atoms with Crippen molar-refractivity contribution in [2.45, 2.75) is 45.1 Å². The number of H-pyrrole nitrogens is 5. The van der Waals surface area contributed by atoms with Crippen molar-refractivity contribution in [3.63, 3.8) is 0 Å². The average molecular weight is 1700 g/mol. The van der Waals surface area contributed by atoms with E-state index < -0.39 is 0 Å². The summed E-state index contributed by atoms with van der Waals surface area (Å²) in [5.41, 5.74) is 11.6. The van der Waals surface area contributed by atoms with Crippen LogP contribution in [0, 0.1) is 23.3 Å². The molecule has 644 valence electrons. The number of rotatable bonds is 31. The van der Waals surface area contributed by atoms with E-state index in [-0.39, 0.29) is 52.8 Å². The number of ether oxygens (including phenoxy) is 5. The number of methoxy groups -OCH3 is 4. The van der Waals surface area contributed by atoms with Crippen LogP contribution in [0.2, 0.25) is 0 Å². The van der Waals surface area contributed by atoms with Crippen LogP contribution < -0.4 is 40.2 Å². The molecular weight excluding hydrogens is 1610 g/mol. The van der Waals surface area contributed by atoms with Gasteiger partial charge in [-0.15, -0.1) is 0 Å². The van der Waals surface area contributed by atoms with Gasteiger partial charge in [-0.1, -0.05) is 72.8 Å². The summed E-state index contributed by atoms with van der Waals surface area (Å²) in [4.78, 5) is 78.0. The van der Waals surface area contributed by atoms with Gasteiger partial charge in [-0.05, 0) is 176 Å². The molecule has 8 aromatic carbocycles. The number of fused-ring (bicyclic) bond motifs is 4. The van der Waals surface area contributed by atoms with E-state index in [9.17, 15) is 41.5 Å². The maximum atomic E-state index is 13.1. The van der Waals surface area contributed by atoms with Crippen LogP contribution in [0.25, 0.3) is 92.2 Å². The molecule has 2 fully saturated rings. The number of likely N-dealkylation sites (tertiary alicyclic amines) is 1. The molecule has 32 heteroatoms. The largest absolute Gasteiger partial charge is 0.495 e. The normalized spacial score (nSPS) is 12.9. The first-order chi connectivity index (χ1) is 61.0. The summed E-state index contributed by atoms with van der Waals surface area (Å²) in [6, 6.07) is 38.6. The number of aromatic nitrogens is 12. The summed E-state index contributed by atoms with van der Waals surface area (Å²) < 4.78 is 82.2. The van der Waals surface area contributed by atoms with Gasteiger partial charge in [-0.25, -0.2) is 27.5 Å². The van der Waals surface area contributed by atoms with Crippen molar-refractivity contribution in [1.82, 2.24) is 91.4 Å². The highest BCUT2D eigenvalue weighted by Gasteiger charge is 2.25. The Morgan fingerprint density at radius 2 is 0.784 bits per heavy atom. The molecule has 28 nitrogen and oxygen atoms in total. The lowest BCUT2D eigenvalue weighted by Crippen LogP contribution is -2.38. The zero-order chi connectivity index (χ0) is 87.4. The lowest BCUT2D eigenvalue weighted by atomic mass is 10.1. The molecule has 6 aromatic heterocycles. The highest BCUT2D eigenvalue weighted by Crippen LogP contribution is 2.37. The summed E-state index contributed by atoms with van der Waals surface area (Å²) >= 11 is 0. The minimum atomic E-state index is -0.293. The Labute approximate surface area is 716 Å². The number of morpholine rings is 1. The van der Waals surface area contributed by atoms with Gasteiger partial charge < -0.3 is 59.4 Å². The predicted molar refractivity (Wildman–Crippen MR) is 473 cm³/mol. The van der Waals surface area contributed by atoms with Gasteiger partial charge in [0.25, 0.3) is 23.6 Å². The van der Waals surface area contributed by atoms with E-state index in [1.165, 1.54) is 69.9 Å². The third kappa shape index (κ3) is 23.3. The number of carbonyl (C=O) groups is 5. The molecule has 0 spiro atoms. The molecule has 9 N–H and O–H groups in total. The van der Waals surface area contributed by atoms with E-state index in [2.05, 4.69) is 81.9 Å². The minimum absolute atomic E-state index is 0.180. The van der Waals surface area contributed by atoms with Crippen LogP contribution in [0.4, 0.5) is 17.6 Å². The van der Waals surface area contributed by atoms with Crippen molar-refractivity contribution in [3.8, 4) is 23.0 Å². The number of aryl methyl sites for hydroxylation is 1. The summed E-state index contributed by atoms with van der Waals surface area (Å²) in [6.07, 6.45) is 27.9. The van der Waals surface area contributed by atoms with Gasteiger partial charge in [-0.2, -0.15) is 20.4 Å². The molecule has 0 aliphatic carbocycles. The molecule has 0 radical (unpaired) electrons. The fraction of sp³-hybridized carbons (Fsp3) is 0.237. The van der Waals surface area contributed by atoms with E-state index in [4.69, 9.17) is 23.7 Å². The standard InChI is InChI=1S/C24H27FN4O3.C24H25FN4O3.C23H22FN5O2.C22H20FN5O2/c1-31-23-19(24(30)26-11-2-12-29-13-15-32-16-14-29)8-10-21-22(23)20(27-28-21)9-5-17-3-6-18(25)7-4-17;1-32-23-18(24(31)26-13-3-15-29-14-2-4-21(29)30)10-12-20-22(23)19(27-28-20)11-7-16-5-8-17(25)9-6-16;1-31-22-18(23(30)26-11-2-13-29-14-12-25-15-29)8-10-20-21(22)19(27-28-20)9-5-16-3-6-17(24)7-4-16;1-30-21-17(22(29)25-11-10-16-12-24-13-26-16)7-9-19-20(21)18(27-28-19)8-4-14-2-5-15(23)6-3-14/h3-10H,2,11-16H2,1H3,(H,26,30)(H,27,28);5-12H,2-4,13-15H2,1H3,(H,26,31)(H,27,28);3-10,12,14-15H,2,11,13H2,1H3,(H,26,30)(H,27,28);2-9,12-13H,10-11H2,1H3,(H,24,26)(H,25,29)(H,27,28)/b9-5+;11-7+;9-5+;8-4+. The molecule has 0 bridgehead atoms. The summed E-state index contributed by atoms with van der Waals surface area (Å²) in [7, 11) is 6.12. The van der Waals surface area contributed by atoms with Gasteiger partial charge in [-0.3, -0.25) is 49.3 Å². The Balaban J connectivity index is 0.000000143. The summed E-state index contributed by atoms with van der Waals surface area (Å²) in [5.74, 6) is -0.0254. The first kappa shape index (κ1) is 88.0. The monoisotopic (exact) mass is 1700 g/mol. The lowest BCUT2D eigenvalue weighted by molar-refractivity contribution is -0.127. The van der Waals surface area contributed by atoms with Gasteiger partial charge in [0.2, 0.25) is 5.91 Å². The number of carbonyl (C=O) groups excluding carboxylic acids is 5. The molecule has 125 heavy (non-hydrogen) atoms. The van der Waals surface area contributed by atoms with Crippen molar-refractivity contribution in [1.29, 1.82) is 0 Å². The second-order valence-corrected chi connectivity index (χ2v) is 28.9. The van der Waals surface area contributed by atoms with Gasteiger partial charge in [0, 0.05) is 96.0 Å². The van der Waals surface area contributed by atoms with Gasteiger partial charge in [0.05, 0.1) is 143 Å². The Morgan fingerprint density at radius 1 is 0.432 bits per heavy atom. The SMILES string of the molecule is COc1c(C(=O)NCCCN2CCCC2=O)ccc2n[nH]c(/C=C/c3ccc(F)cc3)c12.COc1c(C(=O)NCCCN2CCOCC2)ccc2n[nH]c(/C=C/c3ccc(F)cc3)c12.COc1c(C(=O)NCCCn2ccnc2)ccc2n[nH]c(/C=C/c3ccc(F)cc3)c12.COc1c(C(=O)NCCc2cnc[nH]2)ccc2n[nH]c(/C=C/c3ccc(F)cc3)c12. The van der Waals surface area contributed by atoms with Crippen LogP contribution in [0.1, 0.15) is 124 Å². The molecule has 16 rings (SSSR count). The molecule has 2 aliphatic rings. The molecule has 5 amide bonds. The molecular formula is C93H94F4N18O10. The summed E-state index contributed by atoms with van der Waals surface area (Å²) in [6.45, 7) is 8.61. The third-order valence-electron chi connectivity index (χ3n) is 20.6. The number of halogens is 4. The average Bonchev–Trinajstić information content (AvgIpc) is 1.65. The third-order valence-corrected chi connectivity index (χ3v) is 20.6. The Hall–Kier alpha value is -14.8. The zero-order valence-corrected chi connectivity index (χ0v) is 69.2. The second kappa shape index (κ2) is 43.6. The minimum Gasteiger partial charge on any atom is -0.495 e. The molecule has 2 saturated heterocycles. The van der Waals surface area contributed by atoms with Crippen LogP contribution in [-0.2, 0) is 22.5 Å². The topological polar surface area (TPSA) is 347 Å². The van der Waals surface area contributed by atoms with E-state index in [1.807, 2.05) is 64.3 Å². The van der Waals surface area contributed by atoms with E-state index in [1.54, 1.807) is 129 Å². The van der Waals surface area contributed by atoms with Crippen LogP contribution in [0.15, 0.2) is 177 Å². The molecule has 14 aromatic rings. The lowest BCUT2D eigenvalue weighted by Gasteiger charge is -2.26. The zero-order valence-electron chi connectivity index (χ0n) is 69.2. The number of amides is 5. The number of aromatic amines is 5. The molecule has 0 saturated carbocycles. The van der Waals surface area contributed by atoms with Crippen molar-refractivity contribution >= 4 is 122 Å². The number of nitrogens with one attached hydrogen (secondary N) is 9. The van der Waals surface area contributed by atoms with E-state index >= 15 is 0 Å². The van der Waals surface area contributed by atoms with Crippen LogP contribution in [0.5, 0.6) is 23.0 Å². The fourth-order valence-electron chi connectivity index (χ4n) is 14.2. The summed E-state index contributed by atoms with van der Waals surface area (Å²) in [5, 5.41) is 43.7. The molecule has 2 aliphatic heterocycles. The highest BCUT2D eigenvalue weighted by atomic mass is 19.1. The quantitative estimate of drug-likeness (QED) is 0.0144. The Morgan fingerprint density at radius 3 is 1.10 bits per heavy atom. The van der Waals surface area contributed by atoms with Crippen LogP contribution in [-0.4, -0.2) is 200 Å². The first-order valence-electron chi connectivity index (χ1n) is 40.6. The number of benzene rings is 8. The Bertz CT molecular complexity index is 6100. The van der Waals surface area contributed by atoms with E-state index in [0.29, 0.717) is 158 Å². The van der Waals surface area contributed by atoms with Gasteiger partial charge in [0.15, 0.2) is 0 Å². The first-order valence-corrected chi connectivity index (χ1v) is 40.6. The number of hydrogen-bond donors (Lipinski definition) is 9. The molecule has 8 heterocycles. The number of nitrogens with zero attached hydrogens (tertiary/aromatic N) is 9. The van der Waals surface area contributed by atoms with Crippen molar-refractivity contribution in [3.05, 3.63) is 273 Å². The van der Waals surface area contributed by atoms with Crippen molar-refractivity contribution in [2.75, 3.05) is 101 Å². The number of imidazole rings is 2. The highest BCUT2D eigenvalue weighted by molar-refractivity contribution is 6.09. The van der Waals surface area contributed by atoms with E-state index in [0.717, 1.165) is 98.5 Å². The van der Waals surface area contributed by atoms with Crippen LogP contribution >= 0.6 is 0 Å².